The van der Waals surface area contributed by atoms with Crippen LogP contribution in [0.5, 0.6) is 17.2 Å². The maximum absolute atomic E-state index is 13.5. The maximum Gasteiger partial charge on any atom is 0.433 e. The Labute approximate surface area is 221 Å². The van der Waals surface area contributed by atoms with Gasteiger partial charge in [0.1, 0.15) is 11.4 Å². The molecule has 1 N–H and O–H groups in total. The average molecular weight is 566 g/mol. The molecule has 10 nitrogen and oxygen atoms in total. The van der Waals surface area contributed by atoms with E-state index in [1.165, 1.54) is 19.2 Å². The van der Waals surface area contributed by atoms with Gasteiger partial charge in [-0.3, -0.25) is 0 Å². The number of rotatable bonds is 10. The first-order chi connectivity index (χ1) is 18.5. The third kappa shape index (κ3) is 6.57. The minimum absolute atomic E-state index is 0.0872. The number of alkyl halides is 3. The number of hydrogen-bond donors (Lipinski definition) is 1. The molecule has 0 amide bonds. The van der Waals surface area contributed by atoms with Crippen molar-refractivity contribution in [2.45, 2.75) is 24.2 Å². The highest BCUT2D eigenvalue weighted by atomic mass is 32.2. The van der Waals surface area contributed by atoms with Crippen molar-refractivity contribution in [1.29, 1.82) is 0 Å². The molecule has 1 aliphatic heterocycles. The summed E-state index contributed by atoms with van der Waals surface area (Å²) >= 11 is 0. The molecule has 0 atom stereocenters. The lowest BCUT2D eigenvalue weighted by Gasteiger charge is -2.13. The van der Waals surface area contributed by atoms with Gasteiger partial charge in [0.15, 0.2) is 11.5 Å². The normalized spacial score (nSPS) is 12.6. The molecule has 14 heteroatoms. The Balaban J connectivity index is 1.41. The molecule has 0 fully saturated rings. The van der Waals surface area contributed by atoms with Gasteiger partial charge in [-0.1, -0.05) is 18.7 Å². The van der Waals surface area contributed by atoms with Crippen LogP contribution in [0.1, 0.15) is 24.1 Å². The molecule has 0 spiro atoms. The molecule has 39 heavy (non-hydrogen) atoms. The summed E-state index contributed by atoms with van der Waals surface area (Å²) in [7, 11) is -3.08. The number of ether oxygens (including phenoxy) is 3. The van der Waals surface area contributed by atoms with Crippen molar-refractivity contribution < 1.29 is 45.4 Å². The van der Waals surface area contributed by atoms with Crippen LogP contribution in [0.25, 0.3) is 17.0 Å². The van der Waals surface area contributed by atoms with Gasteiger partial charge in [0.05, 0.1) is 24.3 Å². The van der Waals surface area contributed by atoms with Crippen molar-refractivity contribution in [3.05, 3.63) is 66.4 Å². The Hall–Kier alpha value is -4.33. The second kappa shape index (κ2) is 11.2. The van der Waals surface area contributed by atoms with Gasteiger partial charge in [0.2, 0.25) is 21.8 Å². The summed E-state index contributed by atoms with van der Waals surface area (Å²) in [4.78, 5) is 24.2. The van der Waals surface area contributed by atoms with Gasteiger partial charge >= 0.3 is 12.1 Å². The Bertz CT molecular complexity index is 1510. The Morgan fingerprint density at radius 1 is 1.10 bits per heavy atom. The highest BCUT2D eigenvalue weighted by Gasteiger charge is 2.35. The molecule has 0 radical (unpaired) electrons. The zero-order valence-electron chi connectivity index (χ0n) is 20.4. The van der Waals surface area contributed by atoms with E-state index in [4.69, 9.17) is 19.0 Å². The number of benzene rings is 2. The number of nitrogens with zero attached hydrogens (tertiary/aromatic N) is 2. The van der Waals surface area contributed by atoms with Gasteiger partial charge < -0.3 is 19.0 Å². The highest BCUT2D eigenvalue weighted by Crippen LogP contribution is 2.35. The van der Waals surface area contributed by atoms with Crippen LogP contribution in [-0.2, 0) is 25.6 Å². The van der Waals surface area contributed by atoms with Crippen molar-refractivity contribution in [1.82, 2.24) is 15.4 Å². The van der Waals surface area contributed by atoms with E-state index in [0.717, 1.165) is 0 Å². The van der Waals surface area contributed by atoms with Crippen LogP contribution in [0.4, 0.5) is 13.2 Å². The van der Waals surface area contributed by atoms with E-state index in [1.807, 2.05) is 0 Å². The zero-order valence-corrected chi connectivity index (χ0v) is 21.3. The maximum atomic E-state index is 13.5. The molecule has 3 aromatic rings. The Kier molecular flexibility index (Phi) is 7.95. The number of hydroxylamine groups is 1. The second-order valence-electron chi connectivity index (χ2n) is 8.16. The molecule has 0 saturated heterocycles. The molecule has 0 bridgehead atoms. The van der Waals surface area contributed by atoms with Gasteiger partial charge in [-0.25, -0.2) is 28.7 Å². The molecule has 2 heterocycles. The zero-order chi connectivity index (χ0) is 28.2. The van der Waals surface area contributed by atoms with Crippen molar-refractivity contribution in [2.75, 3.05) is 19.7 Å². The molecule has 2 aromatic carbocycles. The van der Waals surface area contributed by atoms with Crippen molar-refractivity contribution in [3.8, 4) is 28.5 Å². The van der Waals surface area contributed by atoms with Crippen molar-refractivity contribution in [3.63, 3.8) is 0 Å². The van der Waals surface area contributed by atoms with Crippen LogP contribution in [0.15, 0.2) is 60.3 Å². The fraction of sp³-hybridized carbons (Fsp3) is 0.240. The SMILES string of the molecule is C=C(NOC(=O)CCCS(=O)(=O)c1nc(-c2ccccc2OC)cc(C(F)(F)F)n1)c1ccc2c(c1)OCO2. The fourth-order valence-corrected chi connectivity index (χ4v) is 4.70. The van der Waals surface area contributed by atoms with Gasteiger partial charge in [-0.2, -0.15) is 13.2 Å². The molecule has 1 aliphatic rings. The van der Waals surface area contributed by atoms with E-state index in [0.29, 0.717) is 23.1 Å². The number of nitrogens with one attached hydrogen (secondary N) is 1. The van der Waals surface area contributed by atoms with Crippen LogP contribution in [0, 0.1) is 0 Å². The highest BCUT2D eigenvalue weighted by molar-refractivity contribution is 7.91. The minimum Gasteiger partial charge on any atom is -0.496 e. The summed E-state index contributed by atoms with van der Waals surface area (Å²) in [5, 5.41) is -1.01. The largest absolute Gasteiger partial charge is 0.496 e. The van der Waals surface area contributed by atoms with E-state index in [9.17, 15) is 26.4 Å². The summed E-state index contributed by atoms with van der Waals surface area (Å²) < 4.78 is 81.9. The van der Waals surface area contributed by atoms with Crippen LogP contribution >= 0.6 is 0 Å². The first-order valence-electron chi connectivity index (χ1n) is 11.3. The third-order valence-corrected chi connectivity index (χ3v) is 7.03. The molecule has 0 saturated carbocycles. The predicted octanol–water partition coefficient (Wildman–Crippen LogP) is 4.17. The molecular weight excluding hydrogens is 543 g/mol. The van der Waals surface area contributed by atoms with Gasteiger partial charge in [0.25, 0.3) is 0 Å². The minimum atomic E-state index is -4.93. The number of fused-ring (bicyclic) bond motifs is 1. The molecule has 0 aliphatic carbocycles. The summed E-state index contributed by atoms with van der Waals surface area (Å²) in [5.41, 5.74) is 1.62. The van der Waals surface area contributed by atoms with E-state index in [-0.39, 0.29) is 42.3 Å². The first kappa shape index (κ1) is 27.7. The number of methoxy groups -OCH3 is 1. The molecule has 0 unspecified atom stereocenters. The number of aromatic nitrogens is 2. The summed E-state index contributed by atoms with van der Waals surface area (Å²) in [6.45, 7) is 3.84. The first-order valence-corrected chi connectivity index (χ1v) is 13.0. The number of halogens is 3. The quantitative estimate of drug-likeness (QED) is 0.283. The van der Waals surface area contributed by atoms with Crippen LogP contribution in [0.3, 0.4) is 0 Å². The standard InChI is InChI=1S/C25H22F3N3O7S/c1-15(16-9-10-20-21(12-16)37-14-36-20)31-38-23(32)8-5-11-39(33,34)24-29-18(13-22(30-24)25(26,27)28)17-6-3-4-7-19(17)35-2/h3-4,6-7,9-10,12-13,31H,1,5,8,11,14H2,2H3. The third-order valence-electron chi connectivity index (χ3n) is 5.46. The summed E-state index contributed by atoms with van der Waals surface area (Å²) in [6, 6.07) is 11.7. The van der Waals surface area contributed by atoms with Crippen molar-refractivity contribution >= 4 is 21.5 Å². The monoisotopic (exact) mass is 565 g/mol. The topological polar surface area (TPSA) is 126 Å². The van der Waals surface area contributed by atoms with Gasteiger partial charge in [-0.05, 0) is 42.8 Å². The number of sulfone groups is 1. The smallest absolute Gasteiger partial charge is 0.433 e. The van der Waals surface area contributed by atoms with E-state index in [2.05, 4.69) is 22.0 Å². The average Bonchev–Trinajstić information content (AvgIpc) is 3.39. The number of carbonyl (C=O) groups is 1. The molecule has 206 valence electrons. The molecule has 1 aromatic heterocycles. The van der Waals surface area contributed by atoms with Gasteiger partial charge in [-0.15, -0.1) is 0 Å². The lowest BCUT2D eigenvalue weighted by atomic mass is 10.1. The van der Waals surface area contributed by atoms with E-state index in [1.54, 1.807) is 30.3 Å². The summed E-state index contributed by atoms with van der Waals surface area (Å²) in [5.74, 6) is -0.253. The lowest BCUT2D eigenvalue weighted by molar-refractivity contribution is -0.148. The predicted molar refractivity (Wildman–Crippen MR) is 131 cm³/mol. The van der Waals surface area contributed by atoms with Crippen molar-refractivity contribution in [2.24, 2.45) is 0 Å². The second-order valence-corrected chi connectivity index (χ2v) is 10.2. The lowest BCUT2D eigenvalue weighted by Crippen LogP contribution is -2.20. The Morgan fingerprint density at radius 2 is 1.85 bits per heavy atom. The van der Waals surface area contributed by atoms with Crippen LogP contribution in [-0.4, -0.2) is 44.0 Å². The molecule has 4 rings (SSSR count). The Morgan fingerprint density at radius 3 is 2.59 bits per heavy atom. The van der Waals surface area contributed by atoms with E-state index >= 15 is 0 Å². The summed E-state index contributed by atoms with van der Waals surface area (Å²) in [6.07, 6.45) is -5.55. The van der Waals surface area contributed by atoms with Crippen LogP contribution in [0.2, 0.25) is 0 Å². The fourth-order valence-electron chi connectivity index (χ4n) is 3.51. The number of para-hydroxylation sites is 1. The van der Waals surface area contributed by atoms with Gasteiger partial charge in [0, 0.05) is 17.5 Å². The van der Waals surface area contributed by atoms with E-state index < -0.39 is 38.6 Å². The van der Waals surface area contributed by atoms with Crippen LogP contribution < -0.4 is 19.7 Å². The number of hydrogen-bond acceptors (Lipinski definition) is 10. The number of carbonyl (C=O) groups excluding carboxylic acids is 1. The molecular formula is C25H22F3N3O7S.